The molecule has 110 valence electrons. The Bertz CT molecular complexity index is 654. The van der Waals surface area contributed by atoms with E-state index in [1.165, 1.54) is 16.7 Å². The van der Waals surface area contributed by atoms with Crippen LogP contribution in [0.4, 0.5) is 5.69 Å². The summed E-state index contributed by atoms with van der Waals surface area (Å²) in [6, 6.07) is 9.96. The number of anilines is 1. The number of aromatic nitrogens is 1. The Balaban J connectivity index is 2.28. The van der Waals surface area contributed by atoms with Crippen LogP contribution < -0.4 is 5.32 Å². The number of benzene rings is 1. The summed E-state index contributed by atoms with van der Waals surface area (Å²) >= 11 is 0. The highest BCUT2D eigenvalue weighted by Crippen LogP contribution is 2.26. The monoisotopic (exact) mass is 282 g/mol. The van der Waals surface area contributed by atoms with E-state index in [9.17, 15) is 4.79 Å². The molecule has 3 heteroatoms. The van der Waals surface area contributed by atoms with Crippen LogP contribution in [0.25, 0.3) is 0 Å². The number of Topliss-reactive ketones (excluding diaryl/α,β-unsaturated/α-hetero) is 1. The molecule has 2 rings (SSSR count). The Morgan fingerprint density at radius 2 is 1.76 bits per heavy atom. The molecule has 0 aliphatic rings. The van der Waals surface area contributed by atoms with E-state index in [0.717, 1.165) is 11.4 Å². The van der Waals surface area contributed by atoms with Gasteiger partial charge in [-0.05, 0) is 51.0 Å². The number of carbonyl (C=O) groups is 1. The zero-order chi connectivity index (χ0) is 15.6. The number of nitrogens with one attached hydrogen (secondary N) is 1. The summed E-state index contributed by atoms with van der Waals surface area (Å²) in [5, 5.41) is 3.51. The molecule has 0 fully saturated rings. The first-order valence-corrected chi connectivity index (χ1v) is 7.20. The van der Waals surface area contributed by atoms with Crippen molar-refractivity contribution in [3.63, 3.8) is 0 Å². The van der Waals surface area contributed by atoms with Crippen molar-refractivity contribution in [1.29, 1.82) is 0 Å². The molecule has 21 heavy (non-hydrogen) atoms. The first-order valence-electron chi connectivity index (χ1n) is 7.20. The van der Waals surface area contributed by atoms with Gasteiger partial charge in [0.2, 0.25) is 0 Å². The van der Waals surface area contributed by atoms with Crippen LogP contribution in [0.1, 0.15) is 52.8 Å². The van der Waals surface area contributed by atoms with Crippen molar-refractivity contribution in [2.45, 2.75) is 40.7 Å². The van der Waals surface area contributed by atoms with Crippen LogP contribution in [0.15, 0.2) is 30.3 Å². The van der Waals surface area contributed by atoms with Gasteiger partial charge >= 0.3 is 0 Å². The molecule has 1 heterocycles. The maximum absolute atomic E-state index is 11.4. The highest BCUT2D eigenvalue weighted by Gasteiger charge is 2.12. The van der Waals surface area contributed by atoms with E-state index in [-0.39, 0.29) is 11.8 Å². The predicted molar refractivity (Wildman–Crippen MR) is 86.9 cm³/mol. The molecule has 1 aromatic carbocycles. The van der Waals surface area contributed by atoms with Crippen molar-refractivity contribution in [3.8, 4) is 0 Å². The largest absolute Gasteiger partial charge is 0.377 e. The summed E-state index contributed by atoms with van der Waals surface area (Å²) in [5.41, 5.74) is 6.24. The van der Waals surface area contributed by atoms with Crippen LogP contribution in [0.2, 0.25) is 0 Å². The lowest BCUT2D eigenvalue weighted by Crippen LogP contribution is -2.12. The van der Waals surface area contributed by atoms with Crippen LogP contribution in [0.3, 0.4) is 0 Å². The number of ketones is 1. The van der Waals surface area contributed by atoms with Crippen molar-refractivity contribution in [3.05, 3.63) is 58.4 Å². The average molecular weight is 282 g/mol. The van der Waals surface area contributed by atoms with E-state index in [2.05, 4.69) is 50.1 Å². The smallest absolute Gasteiger partial charge is 0.178 e. The van der Waals surface area contributed by atoms with Gasteiger partial charge < -0.3 is 5.32 Å². The first-order chi connectivity index (χ1) is 9.88. The van der Waals surface area contributed by atoms with Crippen molar-refractivity contribution in [2.24, 2.45) is 0 Å². The SMILES string of the molecule is CC(=O)c1cccc(C(C)Nc2c(C)cc(C)cc2C)n1. The number of hydrogen-bond donors (Lipinski definition) is 1. The van der Waals surface area contributed by atoms with E-state index in [0.29, 0.717) is 5.69 Å². The van der Waals surface area contributed by atoms with Gasteiger partial charge in [0.05, 0.1) is 11.7 Å². The molecule has 0 saturated heterocycles. The lowest BCUT2D eigenvalue weighted by Gasteiger charge is -2.19. The summed E-state index contributed by atoms with van der Waals surface area (Å²) in [6.45, 7) is 9.91. The van der Waals surface area contributed by atoms with Gasteiger partial charge in [-0.15, -0.1) is 0 Å². The first kappa shape index (κ1) is 15.2. The maximum atomic E-state index is 11.4. The van der Waals surface area contributed by atoms with Gasteiger partial charge in [-0.25, -0.2) is 4.98 Å². The summed E-state index contributed by atoms with van der Waals surface area (Å²) in [5.74, 6) is -0.00764. The molecule has 0 aliphatic carbocycles. The lowest BCUT2D eigenvalue weighted by atomic mass is 10.0. The lowest BCUT2D eigenvalue weighted by molar-refractivity contribution is 0.101. The van der Waals surface area contributed by atoms with Crippen LogP contribution in [-0.4, -0.2) is 10.8 Å². The topological polar surface area (TPSA) is 42.0 Å². The standard InChI is InChI=1S/C18H22N2O/c1-11-9-12(2)18(13(3)10-11)19-14(4)16-7-6-8-17(20-16)15(5)21/h6-10,14,19H,1-5H3. The highest BCUT2D eigenvalue weighted by atomic mass is 16.1. The van der Waals surface area contributed by atoms with Gasteiger partial charge in [-0.3, -0.25) is 4.79 Å². The van der Waals surface area contributed by atoms with Gasteiger partial charge in [-0.1, -0.05) is 23.8 Å². The molecule has 2 aromatic rings. The second-order valence-electron chi connectivity index (χ2n) is 5.64. The number of rotatable bonds is 4. The molecule has 1 atom stereocenters. The van der Waals surface area contributed by atoms with Gasteiger partial charge in [0.15, 0.2) is 5.78 Å². The molecule has 0 spiro atoms. The molecule has 1 unspecified atom stereocenters. The van der Waals surface area contributed by atoms with Crippen LogP contribution in [0, 0.1) is 20.8 Å². The fraction of sp³-hybridized carbons (Fsp3) is 0.333. The molecule has 0 amide bonds. The van der Waals surface area contributed by atoms with E-state index < -0.39 is 0 Å². The van der Waals surface area contributed by atoms with Crippen molar-refractivity contribution in [2.75, 3.05) is 5.32 Å². The fourth-order valence-electron chi connectivity index (χ4n) is 2.59. The van der Waals surface area contributed by atoms with Crippen LogP contribution in [0.5, 0.6) is 0 Å². The molecule has 1 N–H and O–H groups in total. The second-order valence-corrected chi connectivity index (χ2v) is 5.64. The van der Waals surface area contributed by atoms with Crippen LogP contribution >= 0.6 is 0 Å². The van der Waals surface area contributed by atoms with E-state index in [1.54, 1.807) is 13.0 Å². The average Bonchev–Trinajstić information content (AvgIpc) is 2.42. The summed E-state index contributed by atoms with van der Waals surface area (Å²) in [7, 11) is 0. The third-order valence-electron chi connectivity index (χ3n) is 3.61. The third kappa shape index (κ3) is 3.48. The molecular formula is C18H22N2O. The molecule has 3 nitrogen and oxygen atoms in total. The summed E-state index contributed by atoms with van der Waals surface area (Å²) in [6.07, 6.45) is 0. The molecule has 0 saturated carbocycles. The molecule has 1 aromatic heterocycles. The Hall–Kier alpha value is -2.16. The zero-order valence-electron chi connectivity index (χ0n) is 13.3. The minimum absolute atomic E-state index is 0.00764. The van der Waals surface area contributed by atoms with Crippen LogP contribution in [-0.2, 0) is 0 Å². The number of carbonyl (C=O) groups excluding carboxylic acids is 1. The van der Waals surface area contributed by atoms with E-state index >= 15 is 0 Å². The molecule has 0 bridgehead atoms. The minimum atomic E-state index is -0.00764. The van der Waals surface area contributed by atoms with Gasteiger partial charge in [0.25, 0.3) is 0 Å². The minimum Gasteiger partial charge on any atom is -0.377 e. The third-order valence-corrected chi connectivity index (χ3v) is 3.61. The Kier molecular flexibility index (Phi) is 4.41. The molecule has 0 aliphatic heterocycles. The van der Waals surface area contributed by atoms with Gasteiger partial charge in [0, 0.05) is 12.6 Å². The number of hydrogen-bond acceptors (Lipinski definition) is 3. The van der Waals surface area contributed by atoms with Gasteiger partial charge in [-0.2, -0.15) is 0 Å². The zero-order valence-corrected chi connectivity index (χ0v) is 13.3. The van der Waals surface area contributed by atoms with Gasteiger partial charge in [0.1, 0.15) is 5.69 Å². The molecular weight excluding hydrogens is 260 g/mol. The number of pyridine rings is 1. The Morgan fingerprint density at radius 3 is 2.33 bits per heavy atom. The van der Waals surface area contributed by atoms with E-state index in [4.69, 9.17) is 0 Å². The quantitative estimate of drug-likeness (QED) is 0.846. The molecule has 0 radical (unpaired) electrons. The normalized spacial score (nSPS) is 12.0. The summed E-state index contributed by atoms with van der Waals surface area (Å²) < 4.78 is 0. The highest BCUT2D eigenvalue weighted by molar-refractivity contribution is 5.92. The Labute approximate surface area is 126 Å². The predicted octanol–water partition coefficient (Wildman–Crippen LogP) is 4.38. The maximum Gasteiger partial charge on any atom is 0.178 e. The van der Waals surface area contributed by atoms with E-state index in [1.807, 2.05) is 12.1 Å². The van der Waals surface area contributed by atoms with Crippen molar-refractivity contribution < 1.29 is 4.79 Å². The number of nitrogens with zero attached hydrogens (tertiary/aromatic N) is 1. The van der Waals surface area contributed by atoms with Crippen molar-refractivity contribution in [1.82, 2.24) is 4.98 Å². The Morgan fingerprint density at radius 1 is 1.14 bits per heavy atom. The summed E-state index contributed by atoms with van der Waals surface area (Å²) in [4.78, 5) is 15.9. The number of aryl methyl sites for hydroxylation is 3. The van der Waals surface area contributed by atoms with Crippen molar-refractivity contribution >= 4 is 11.5 Å². The fourth-order valence-corrected chi connectivity index (χ4v) is 2.59. The second kappa shape index (κ2) is 6.08.